The minimum Gasteiger partial charge on any atom is -0.494 e. The molecule has 2 aliphatic rings. The highest BCUT2D eigenvalue weighted by molar-refractivity contribution is 6.15. The van der Waals surface area contributed by atoms with E-state index in [1.165, 1.54) is 4.57 Å². The molecule has 0 bridgehead atoms. The minimum absolute atomic E-state index is 0.0492. The van der Waals surface area contributed by atoms with Gasteiger partial charge >= 0.3 is 5.97 Å². The Kier molecular flexibility index (Phi) is 3.79. The molecule has 1 saturated heterocycles. The average molecular weight is 379 g/mol. The van der Waals surface area contributed by atoms with Gasteiger partial charge in [0.1, 0.15) is 0 Å². The van der Waals surface area contributed by atoms with Gasteiger partial charge in [-0.05, 0) is 43.5 Å². The van der Waals surface area contributed by atoms with Gasteiger partial charge in [-0.1, -0.05) is 0 Å². The van der Waals surface area contributed by atoms with Crippen LogP contribution in [0.2, 0.25) is 0 Å². The van der Waals surface area contributed by atoms with E-state index < -0.39 is 5.97 Å². The molecule has 2 aliphatic heterocycles. The molecule has 3 heterocycles. The van der Waals surface area contributed by atoms with Crippen LogP contribution in [0, 0.1) is 0 Å². The molecule has 0 radical (unpaired) electrons. The summed E-state index contributed by atoms with van der Waals surface area (Å²) in [6.45, 7) is 1.88. The Balaban J connectivity index is 1.78. The first kappa shape index (κ1) is 17.0. The number of hydrogen-bond donors (Lipinski definition) is 2. The lowest BCUT2D eigenvalue weighted by atomic mass is 9.99. The standard InChI is InChI=1S/C21H21N3O4/c25-17(26)4-2-10-24-20(27)13-5-7-15-19-16(8-6-14(18(13)19)21(24)28)23-9-1-3-12(23)11-22-15/h5-8,12,28H,1-4,9-11H2,(H,25,26). The Labute approximate surface area is 160 Å². The van der Waals surface area contributed by atoms with Crippen molar-refractivity contribution in [1.29, 1.82) is 0 Å². The predicted molar refractivity (Wildman–Crippen MR) is 106 cm³/mol. The summed E-state index contributed by atoms with van der Waals surface area (Å²) in [5.74, 6) is -1.02. The molecule has 7 nitrogen and oxygen atoms in total. The zero-order valence-electron chi connectivity index (χ0n) is 15.4. The Morgan fingerprint density at radius 3 is 2.82 bits per heavy atom. The van der Waals surface area contributed by atoms with Crippen LogP contribution in [0.15, 0.2) is 34.1 Å². The number of nitrogens with zero attached hydrogens (tertiary/aromatic N) is 3. The maximum atomic E-state index is 13.1. The maximum Gasteiger partial charge on any atom is 0.303 e. The van der Waals surface area contributed by atoms with Crippen molar-refractivity contribution in [2.45, 2.75) is 38.3 Å². The van der Waals surface area contributed by atoms with Crippen LogP contribution in [0.25, 0.3) is 21.5 Å². The van der Waals surface area contributed by atoms with Crippen molar-refractivity contribution < 1.29 is 15.0 Å². The van der Waals surface area contributed by atoms with Crippen LogP contribution in [-0.2, 0) is 11.3 Å². The summed E-state index contributed by atoms with van der Waals surface area (Å²) in [6, 6.07) is 7.95. The third kappa shape index (κ3) is 2.38. The number of carboxylic acids is 1. The number of aliphatic carboxylic acids is 1. The largest absolute Gasteiger partial charge is 0.494 e. The molecule has 0 aliphatic carbocycles. The molecule has 0 saturated carbocycles. The number of pyridine rings is 1. The molecule has 3 aromatic rings. The fraction of sp³-hybridized carbons (Fsp3) is 0.381. The highest BCUT2D eigenvalue weighted by atomic mass is 16.4. The lowest BCUT2D eigenvalue weighted by Crippen LogP contribution is -2.30. The van der Waals surface area contributed by atoms with Gasteiger partial charge in [0.25, 0.3) is 5.56 Å². The Hall–Kier alpha value is -3.09. The zero-order chi connectivity index (χ0) is 19.4. The van der Waals surface area contributed by atoms with E-state index in [4.69, 9.17) is 10.1 Å². The van der Waals surface area contributed by atoms with Crippen LogP contribution in [0.3, 0.4) is 0 Å². The summed E-state index contributed by atoms with van der Waals surface area (Å²) >= 11 is 0. The van der Waals surface area contributed by atoms with Crippen molar-refractivity contribution >= 4 is 33.2 Å². The highest BCUT2D eigenvalue weighted by Crippen LogP contribution is 2.38. The fourth-order valence-electron chi connectivity index (χ4n) is 4.72. The normalized spacial score (nSPS) is 18.3. The van der Waals surface area contributed by atoms with Gasteiger partial charge in [-0.2, -0.15) is 0 Å². The first-order chi connectivity index (χ1) is 13.6. The number of fused-ring (bicyclic) bond motifs is 2. The lowest BCUT2D eigenvalue weighted by Gasteiger charge is -2.26. The first-order valence-corrected chi connectivity index (χ1v) is 9.70. The van der Waals surface area contributed by atoms with Gasteiger partial charge in [0.05, 0.1) is 11.9 Å². The molecule has 1 aromatic heterocycles. The number of anilines is 1. The average Bonchev–Trinajstić information content (AvgIpc) is 3.09. The molecule has 1 fully saturated rings. The van der Waals surface area contributed by atoms with Gasteiger partial charge in [-0.15, -0.1) is 0 Å². The summed E-state index contributed by atoms with van der Waals surface area (Å²) in [4.78, 5) is 31.1. The van der Waals surface area contributed by atoms with E-state index in [-0.39, 0.29) is 30.8 Å². The number of carbonyl (C=O) groups is 1. The summed E-state index contributed by atoms with van der Waals surface area (Å²) < 4.78 is 1.29. The monoisotopic (exact) mass is 379 g/mol. The third-order valence-electron chi connectivity index (χ3n) is 6.02. The lowest BCUT2D eigenvalue weighted by molar-refractivity contribution is -0.137. The number of benzene rings is 2. The number of carboxylic acid groups (broad SMARTS) is 1. The molecule has 5 rings (SSSR count). The molecular formula is C21H21N3O4. The summed E-state index contributed by atoms with van der Waals surface area (Å²) in [5, 5.41) is 23.4. The number of hydrogen-bond acceptors (Lipinski definition) is 5. The van der Waals surface area contributed by atoms with Crippen LogP contribution >= 0.6 is 0 Å². The predicted octanol–water partition coefficient (Wildman–Crippen LogP) is 2.05. The Bertz CT molecular complexity index is 1230. The summed E-state index contributed by atoms with van der Waals surface area (Å²) in [7, 11) is 0. The molecule has 2 N–H and O–H groups in total. The van der Waals surface area contributed by atoms with Crippen molar-refractivity contribution in [1.82, 2.24) is 4.57 Å². The van der Waals surface area contributed by atoms with Crippen molar-refractivity contribution in [3.8, 4) is 5.88 Å². The molecule has 2 aromatic carbocycles. The Morgan fingerprint density at radius 2 is 2.00 bits per heavy atom. The number of aromatic nitrogens is 1. The van der Waals surface area contributed by atoms with Crippen molar-refractivity contribution in [3.05, 3.63) is 40.0 Å². The quantitative estimate of drug-likeness (QED) is 0.723. The number of aromatic hydroxyl groups is 1. The van der Waals surface area contributed by atoms with Crippen LogP contribution < -0.4 is 15.8 Å². The first-order valence-electron chi connectivity index (χ1n) is 9.70. The molecule has 7 heteroatoms. The Morgan fingerprint density at radius 1 is 1.18 bits per heavy atom. The van der Waals surface area contributed by atoms with Gasteiger partial charge in [-0.3, -0.25) is 19.1 Å². The maximum absolute atomic E-state index is 13.1. The highest BCUT2D eigenvalue weighted by Gasteiger charge is 2.29. The van der Waals surface area contributed by atoms with Crippen LogP contribution in [0.5, 0.6) is 5.88 Å². The summed E-state index contributed by atoms with van der Waals surface area (Å²) in [6.07, 6.45) is 2.48. The van der Waals surface area contributed by atoms with Gasteiger partial charge < -0.3 is 15.1 Å². The van der Waals surface area contributed by atoms with Crippen LogP contribution in [0.4, 0.5) is 5.69 Å². The van der Waals surface area contributed by atoms with E-state index in [1.807, 2.05) is 18.2 Å². The van der Waals surface area contributed by atoms with E-state index >= 15 is 0 Å². The van der Waals surface area contributed by atoms with Crippen molar-refractivity contribution in [2.75, 3.05) is 18.0 Å². The topological polar surface area (TPSA) is 95.1 Å². The van der Waals surface area contributed by atoms with E-state index in [2.05, 4.69) is 4.90 Å². The molecule has 0 amide bonds. The van der Waals surface area contributed by atoms with Crippen LogP contribution in [0.1, 0.15) is 25.7 Å². The van der Waals surface area contributed by atoms with Crippen molar-refractivity contribution in [2.24, 2.45) is 4.99 Å². The van der Waals surface area contributed by atoms with Gasteiger partial charge in [0.2, 0.25) is 5.88 Å². The fourth-order valence-corrected chi connectivity index (χ4v) is 4.72. The third-order valence-corrected chi connectivity index (χ3v) is 6.02. The molecule has 1 atom stereocenters. The minimum atomic E-state index is -0.916. The van der Waals surface area contributed by atoms with E-state index in [1.54, 1.807) is 6.07 Å². The molecule has 28 heavy (non-hydrogen) atoms. The smallest absolute Gasteiger partial charge is 0.303 e. The molecule has 0 spiro atoms. The molecule has 1 unspecified atom stereocenters. The number of rotatable bonds is 4. The zero-order valence-corrected chi connectivity index (χ0v) is 15.4. The van der Waals surface area contributed by atoms with E-state index in [0.29, 0.717) is 16.8 Å². The van der Waals surface area contributed by atoms with Gasteiger partial charge in [0.15, 0.2) is 0 Å². The second-order valence-corrected chi connectivity index (χ2v) is 7.62. The van der Waals surface area contributed by atoms with Gasteiger partial charge in [-0.25, -0.2) is 0 Å². The van der Waals surface area contributed by atoms with Gasteiger partial charge in [0, 0.05) is 52.8 Å². The van der Waals surface area contributed by atoms with E-state index in [0.717, 1.165) is 47.7 Å². The summed E-state index contributed by atoms with van der Waals surface area (Å²) in [5.41, 5.74) is 0.792. The van der Waals surface area contributed by atoms with Crippen LogP contribution in [-0.4, -0.2) is 39.9 Å². The molecule has 144 valence electrons. The van der Waals surface area contributed by atoms with Crippen molar-refractivity contribution in [3.63, 3.8) is 0 Å². The van der Waals surface area contributed by atoms with E-state index in [9.17, 15) is 14.7 Å². The SMILES string of the molecule is O=C(O)CCCn1c(O)c2ccc3c4c(ccc(c1=O)c24)=NCC1CCCN31. The second kappa shape index (κ2) is 6.22. The second-order valence-electron chi connectivity index (χ2n) is 7.62. The molecular weight excluding hydrogens is 358 g/mol.